The number of likely N-dealkylation sites (tertiary alicyclic amines) is 1. The van der Waals surface area contributed by atoms with Crippen LogP contribution in [-0.2, 0) is 16.0 Å². The number of likely N-dealkylation sites (N-methyl/N-ethyl adjacent to an activating group) is 1. The molecule has 4 rings (SSSR count). The fraction of sp³-hybridized carbons (Fsp3) is 0.593. The topological polar surface area (TPSA) is 81.8 Å². The van der Waals surface area contributed by atoms with Crippen molar-refractivity contribution in [3.8, 4) is 5.75 Å². The Kier molecular flexibility index (Phi) is 8.57. The van der Waals surface area contributed by atoms with Crippen LogP contribution in [0.15, 0.2) is 24.3 Å². The number of halogens is 1. The molecule has 0 aliphatic carbocycles. The summed E-state index contributed by atoms with van der Waals surface area (Å²) in [6, 6.07) is 7.37. The van der Waals surface area contributed by atoms with E-state index in [1.54, 1.807) is 6.07 Å². The third-order valence-electron chi connectivity index (χ3n) is 7.77. The number of hydrogen-bond acceptors (Lipinski definition) is 5. The molecule has 0 atom stereocenters. The number of benzene rings is 1. The van der Waals surface area contributed by atoms with Crippen LogP contribution in [0.5, 0.6) is 5.75 Å². The lowest BCUT2D eigenvalue weighted by Gasteiger charge is -2.43. The van der Waals surface area contributed by atoms with Gasteiger partial charge in [0, 0.05) is 68.2 Å². The van der Waals surface area contributed by atoms with Gasteiger partial charge in [0.25, 0.3) is 0 Å². The van der Waals surface area contributed by atoms with Gasteiger partial charge >= 0.3 is 0 Å². The van der Waals surface area contributed by atoms with Crippen molar-refractivity contribution in [2.75, 3.05) is 52.9 Å². The number of amides is 2. The number of ether oxygens (including phenoxy) is 1. The maximum atomic E-state index is 13.3. The van der Waals surface area contributed by atoms with Gasteiger partial charge in [-0.05, 0) is 63.9 Å². The first-order valence-electron chi connectivity index (χ1n) is 12.9. The van der Waals surface area contributed by atoms with Gasteiger partial charge < -0.3 is 19.4 Å². The SMILES string of the molecule is Cc1n[nH]c(C)c1CCC(=O)N1CCC(COc2cccc(Cl)c2)(CC(=O)N2CCN(C)CC2)CC1. The quantitative estimate of drug-likeness (QED) is 0.582. The molecule has 8 nitrogen and oxygen atoms in total. The molecule has 1 aromatic carbocycles. The summed E-state index contributed by atoms with van der Waals surface area (Å²) < 4.78 is 6.18. The summed E-state index contributed by atoms with van der Waals surface area (Å²) in [5, 5.41) is 7.85. The zero-order chi connectivity index (χ0) is 25.7. The van der Waals surface area contributed by atoms with E-state index in [-0.39, 0.29) is 17.2 Å². The summed E-state index contributed by atoms with van der Waals surface area (Å²) in [4.78, 5) is 32.5. The molecule has 2 saturated heterocycles. The van der Waals surface area contributed by atoms with E-state index in [1.165, 1.54) is 0 Å². The van der Waals surface area contributed by atoms with E-state index in [9.17, 15) is 9.59 Å². The highest BCUT2D eigenvalue weighted by atomic mass is 35.5. The van der Waals surface area contributed by atoms with Crippen LogP contribution in [0.4, 0.5) is 0 Å². The van der Waals surface area contributed by atoms with Crippen molar-refractivity contribution in [2.24, 2.45) is 5.41 Å². The monoisotopic (exact) mass is 515 g/mol. The Morgan fingerprint density at radius 1 is 1.06 bits per heavy atom. The Morgan fingerprint density at radius 2 is 1.75 bits per heavy atom. The first-order chi connectivity index (χ1) is 17.2. The molecule has 196 valence electrons. The minimum atomic E-state index is -0.308. The van der Waals surface area contributed by atoms with Gasteiger partial charge in [-0.2, -0.15) is 5.10 Å². The summed E-state index contributed by atoms with van der Waals surface area (Å²) >= 11 is 6.14. The van der Waals surface area contributed by atoms with Gasteiger partial charge in [-0.3, -0.25) is 14.7 Å². The standard InChI is InChI=1S/C27H38ClN5O3/c1-20-24(21(2)30-29-20)7-8-25(34)32-11-9-27(10-12-32,19-36-23-6-4-5-22(28)17-23)18-26(35)33-15-13-31(3)14-16-33/h4-6,17H,7-16,18-19H2,1-3H3,(H,29,30). The molecule has 2 aliphatic rings. The van der Waals surface area contributed by atoms with Crippen molar-refractivity contribution in [3.05, 3.63) is 46.2 Å². The normalized spacial score (nSPS) is 18.3. The Labute approximate surface area is 218 Å². The first kappa shape index (κ1) is 26.5. The molecule has 2 aliphatic heterocycles. The number of piperazine rings is 1. The van der Waals surface area contributed by atoms with Crippen molar-refractivity contribution in [3.63, 3.8) is 0 Å². The molecule has 0 spiro atoms. The fourth-order valence-corrected chi connectivity index (χ4v) is 5.40. The summed E-state index contributed by atoms with van der Waals surface area (Å²) in [6.45, 7) is 8.99. The van der Waals surface area contributed by atoms with Crippen LogP contribution in [-0.4, -0.2) is 89.6 Å². The molecule has 2 fully saturated rings. The number of hydrogen-bond donors (Lipinski definition) is 1. The van der Waals surface area contributed by atoms with E-state index in [0.717, 1.165) is 56.0 Å². The third kappa shape index (κ3) is 6.59. The van der Waals surface area contributed by atoms with Crippen LogP contribution in [0.25, 0.3) is 0 Å². The highest BCUT2D eigenvalue weighted by Crippen LogP contribution is 2.37. The lowest BCUT2D eigenvalue weighted by Crippen LogP contribution is -2.51. The average molecular weight is 516 g/mol. The molecule has 0 unspecified atom stereocenters. The molecular weight excluding hydrogens is 478 g/mol. The fourth-order valence-electron chi connectivity index (χ4n) is 5.22. The molecule has 0 radical (unpaired) electrons. The number of carbonyl (C=O) groups excluding carboxylic acids is 2. The van der Waals surface area contributed by atoms with Gasteiger partial charge in [-0.15, -0.1) is 0 Å². The molecule has 0 bridgehead atoms. The van der Waals surface area contributed by atoms with Gasteiger partial charge in [0.15, 0.2) is 0 Å². The predicted molar refractivity (Wildman–Crippen MR) is 140 cm³/mol. The second-order valence-corrected chi connectivity index (χ2v) is 10.8. The van der Waals surface area contributed by atoms with E-state index >= 15 is 0 Å². The number of nitrogens with one attached hydrogen (secondary N) is 1. The molecule has 2 aromatic rings. The van der Waals surface area contributed by atoms with E-state index < -0.39 is 0 Å². The lowest BCUT2D eigenvalue weighted by atomic mass is 9.75. The molecule has 3 heterocycles. The van der Waals surface area contributed by atoms with Gasteiger partial charge in [0.05, 0.1) is 12.3 Å². The molecule has 0 saturated carbocycles. The lowest BCUT2D eigenvalue weighted by molar-refractivity contribution is -0.139. The second-order valence-electron chi connectivity index (χ2n) is 10.4. The largest absolute Gasteiger partial charge is 0.493 e. The average Bonchev–Trinajstić information content (AvgIpc) is 3.19. The van der Waals surface area contributed by atoms with E-state index in [4.69, 9.17) is 16.3 Å². The van der Waals surface area contributed by atoms with Crippen molar-refractivity contribution < 1.29 is 14.3 Å². The van der Waals surface area contributed by atoms with E-state index in [0.29, 0.717) is 49.7 Å². The Hall–Kier alpha value is -2.58. The molecule has 2 amide bonds. The van der Waals surface area contributed by atoms with Crippen LogP contribution in [0.2, 0.25) is 5.02 Å². The highest BCUT2D eigenvalue weighted by molar-refractivity contribution is 6.30. The summed E-state index contributed by atoms with van der Waals surface area (Å²) in [5.74, 6) is 1.05. The number of H-pyrrole nitrogens is 1. The molecule has 1 aromatic heterocycles. The minimum Gasteiger partial charge on any atom is -0.493 e. The van der Waals surface area contributed by atoms with Crippen molar-refractivity contribution in [2.45, 2.75) is 46.0 Å². The van der Waals surface area contributed by atoms with Crippen molar-refractivity contribution in [1.82, 2.24) is 24.9 Å². The Morgan fingerprint density at radius 3 is 2.39 bits per heavy atom. The van der Waals surface area contributed by atoms with Crippen LogP contribution in [0, 0.1) is 19.3 Å². The summed E-state index contributed by atoms with van der Waals surface area (Å²) in [6.07, 6.45) is 3.07. The van der Waals surface area contributed by atoms with Crippen molar-refractivity contribution in [1.29, 1.82) is 0 Å². The van der Waals surface area contributed by atoms with Gasteiger partial charge in [0.2, 0.25) is 11.8 Å². The van der Waals surface area contributed by atoms with Crippen LogP contribution in [0.3, 0.4) is 0 Å². The number of piperidine rings is 1. The number of rotatable bonds is 8. The second kappa shape index (κ2) is 11.6. The van der Waals surface area contributed by atoms with E-state index in [2.05, 4.69) is 22.1 Å². The molecule has 36 heavy (non-hydrogen) atoms. The zero-order valence-electron chi connectivity index (χ0n) is 21.7. The van der Waals surface area contributed by atoms with Crippen LogP contribution in [0.1, 0.15) is 42.6 Å². The van der Waals surface area contributed by atoms with Gasteiger partial charge in [0.1, 0.15) is 5.75 Å². The number of carbonyl (C=O) groups is 2. The van der Waals surface area contributed by atoms with Gasteiger partial charge in [-0.25, -0.2) is 0 Å². The highest BCUT2D eigenvalue weighted by Gasteiger charge is 2.40. The molecule has 1 N–H and O–H groups in total. The minimum absolute atomic E-state index is 0.157. The summed E-state index contributed by atoms with van der Waals surface area (Å²) in [7, 11) is 2.09. The van der Waals surface area contributed by atoms with Gasteiger partial charge in [-0.1, -0.05) is 17.7 Å². The Balaban J connectivity index is 1.38. The summed E-state index contributed by atoms with van der Waals surface area (Å²) in [5.41, 5.74) is 2.80. The van der Waals surface area contributed by atoms with Crippen molar-refractivity contribution >= 4 is 23.4 Å². The maximum Gasteiger partial charge on any atom is 0.223 e. The number of aryl methyl sites for hydroxylation is 2. The first-order valence-corrected chi connectivity index (χ1v) is 13.3. The zero-order valence-corrected chi connectivity index (χ0v) is 22.4. The maximum absolute atomic E-state index is 13.3. The molecular formula is C27H38ClN5O3. The molecule has 9 heteroatoms. The Bertz CT molecular complexity index is 1040. The third-order valence-corrected chi connectivity index (χ3v) is 8.00. The smallest absolute Gasteiger partial charge is 0.223 e. The number of aromatic nitrogens is 2. The van der Waals surface area contributed by atoms with Crippen LogP contribution >= 0.6 is 11.6 Å². The number of nitrogens with zero attached hydrogens (tertiary/aromatic N) is 4. The van der Waals surface area contributed by atoms with Crippen LogP contribution < -0.4 is 4.74 Å². The number of aromatic amines is 1. The van der Waals surface area contributed by atoms with E-state index in [1.807, 2.05) is 41.8 Å². The predicted octanol–water partition coefficient (Wildman–Crippen LogP) is 3.46.